The SMILES string of the molecule is CSc1nc(C(=N)[O-])c(N)c(=O)[nH]1.[Na+]. The predicted molar refractivity (Wildman–Crippen MR) is 47.9 cm³/mol. The summed E-state index contributed by atoms with van der Waals surface area (Å²) in [6, 6.07) is 0. The molecule has 1 aromatic heterocycles. The van der Waals surface area contributed by atoms with Crippen molar-refractivity contribution in [3.05, 3.63) is 16.0 Å². The van der Waals surface area contributed by atoms with E-state index in [0.29, 0.717) is 0 Å². The fourth-order valence-corrected chi connectivity index (χ4v) is 1.11. The van der Waals surface area contributed by atoms with Gasteiger partial charge < -0.3 is 16.2 Å². The minimum Gasteiger partial charge on any atom is -0.858 e. The summed E-state index contributed by atoms with van der Waals surface area (Å²) >= 11 is 1.17. The minimum atomic E-state index is -1.06. The molecule has 0 aromatic carbocycles. The van der Waals surface area contributed by atoms with E-state index in [1.165, 1.54) is 11.8 Å². The third-order valence-corrected chi connectivity index (χ3v) is 1.92. The van der Waals surface area contributed by atoms with Crippen molar-refractivity contribution in [2.45, 2.75) is 5.16 Å². The normalized spacial score (nSPS) is 9.21. The monoisotopic (exact) mass is 222 g/mol. The molecule has 1 aromatic rings. The first-order chi connectivity index (χ1) is 6.06. The van der Waals surface area contributed by atoms with Crippen LogP contribution in [0, 0.1) is 5.41 Å². The van der Waals surface area contributed by atoms with E-state index in [1.807, 2.05) is 0 Å². The topological polar surface area (TPSA) is 119 Å². The van der Waals surface area contributed by atoms with Crippen molar-refractivity contribution in [2.75, 3.05) is 12.0 Å². The first-order valence-corrected chi connectivity index (χ1v) is 4.48. The standard InChI is InChI=1S/C6H8N4O2S.Na/c1-13-6-9-3(4(8)11)2(7)5(12)10-6;/h7H2,1H3,(H2,8,11)(H,9,10,12);/q;+1/p-1. The average molecular weight is 222 g/mol. The van der Waals surface area contributed by atoms with Crippen molar-refractivity contribution in [3.8, 4) is 0 Å². The van der Waals surface area contributed by atoms with Gasteiger partial charge in [-0.05, 0) is 6.26 Å². The Hall–Kier alpha value is -0.500. The molecule has 0 saturated carbocycles. The van der Waals surface area contributed by atoms with Crippen LogP contribution in [-0.4, -0.2) is 22.1 Å². The van der Waals surface area contributed by atoms with Crippen molar-refractivity contribution in [1.82, 2.24) is 9.97 Å². The molecule has 0 amide bonds. The fraction of sp³-hybridized carbons (Fsp3) is 0.167. The van der Waals surface area contributed by atoms with Crippen LogP contribution in [0.3, 0.4) is 0 Å². The smallest absolute Gasteiger partial charge is 0.858 e. The Morgan fingerprint density at radius 3 is 2.71 bits per heavy atom. The van der Waals surface area contributed by atoms with Crippen molar-refractivity contribution < 1.29 is 34.7 Å². The van der Waals surface area contributed by atoms with Gasteiger partial charge in [0.15, 0.2) is 5.16 Å². The number of hydrogen-bond acceptors (Lipinski definition) is 6. The summed E-state index contributed by atoms with van der Waals surface area (Å²) < 4.78 is 0. The molecule has 0 aliphatic carbocycles. The molecule has 0 bridgehead atoms. The van der Waals surface area contributed by atoms with Gasteiger partial charge >= 0.3 is 29.6 Å². The molecule has 4 N–H and O–H groups in total. The minimum absolute atomic E-state index is 0. The molecule has 0 aliphatic rings. The number of anilines is 1. The Morgan fingerprint density at radius 1 is 1.71 bits per heavy atom. The average Bonchev–Trinajstić information content (AvgIpc) is 2.09. The first-order valence-electron chi connectivity index (χ1n) is 3.26. The van der Waals surface area contributed by atoms with Crippen molar-refractivity contribution >= 4 is 23.3 Å². The number of H-pyrrole nitrogens is 1. The van der Waals surface area contributed by atoms with Gasteiger partial charge in [-0.1, -0.05) is 11.8 Å². The van der Waals surface area contributed by atoms with E-state index in [1.54, 1.807) is 6.26 Å². The van der Waals surface area contributed by atoms with Gasteiger partial charge in [0.2, 0.25) is 0 Å². The molecule has 14 heavy (non-hydrogen) atoms. The molecule has 0 aliphatic heterocycles. The Balaban J connectivity index is 0.00000169. The van der Waals surface area contributed by atoms with Gasteiger partial charge in [-0.2, -0.15) is 0 Å². The van der Waals surface area contributed by atoms with E-state index in [-0.39, 0.29) is 46.1 Å². The van der Waals surface area contributed by atoms with Gasteiger partial charge in [-0.15, -0.1) is 0 Å². The van der Waals surface area contributed by atoms with Gasteiger partial charge in [-0.25, -0.2) is 4.98 Å². The molecule has 0 radical (unpaired) electrons. The number of nitrogens with two attached hydrogens (primary N) is 1. The summed E-state index contributed by atoms with van der Waals surface area (Å²) in [5.74, 6) is -1.06. The fourth-order valence-electron chi connectivity index (χ4n) is 0.731. The van der Waals surface area contributed by atoms with Crippen molar-refractivity contribution in [3.63, 3.8) is 0 Å². The Morgan fingerprint density at radius 2 is 2.29 bits per heavy atom. The maximum Gasteiger partial charge on any atom is 1.00 e. The first kappa shape index (κ1) is 13.5. The van der Waals surface area contributed by atoms with Crippen LogP contribution in [0.5, 0.6) is 0 Å². The zero-order chi connectivity index (χ0) is 10.0. The van der Waals surface area contributed by atoms with Gasteiger partial charge in [0, 0.05) is 5.90 Å². The molecule has 0 unspecified atom stereocenters. The van der Waals surface area contributed by atoms with E-state index in [9.17, 15) is 9.90 Å². The third kappa shape index (κ3) is 2.74. The number of rotatable bonds is 2. The second-order valence-electron chi connectivity index (χ2n) is 2.17. The van der Waals surface area contributed by atoms with Crippen LogP contribution >= 0.6 is 11.8 Å². The van der Waals surface area contributed by atoms with Crippen molar-refractivity contribution in [2.24, 2.45) is 0 Å². The van der Waals surface area contributed by atoms with E-state index in [4.69, 9.17) is 11.1 Å². The van der Waals surface area contributed by atoms with Gasteiger partial charge in [-0.3, -0.25) is 9.78 Å². The van der Waals surface area contributed by atoms with Crippen LogP contribution in [0.2, 0.25) is 0 Å². The van der Waals surface area contributed by atoms with Crippen LogP contribution in [-0.2, 0) is 0 Å². The molecule has 70 valence electrons. The number of nitrogens with one attached hydrogen (secondary N) is 2. The summed E-state index contributed by atoms with van der Waals surface area (Å²) in [5, 5.41) is 17.7. The number of aromatic amines is 1. The van der Waals surface area contributed by atoms with E-state index < -0.39 is 11.5 Å². The molecule has 0 atom stereocenters. The summed E-state index contributed by atoms with van der Waals surface area (Å²) in [4.78, 5) is 17.1. The molecule has 8 heteroatoms. The number of hydrogen-bond donors (Lipinski definition) is 3. The van der Waals surface area contributed by atoms with Gasteiger partial charge in [0.1, 0.15) is 11.4 Å². The van der Waals surface area contributed by atoms with E-state index in [0.717, 1.165) is 0 Å². The van der Waals surface area contributed by atoms with Crippen LogP contribution < -0.4 is 46.0 Å². The molecule has 1 rings (SSSR count). The maximum atomic E-state index is 11.1. The molecule has 0 spiro atoms. The molecular formula is C6H7N4NaO2S. The van der Waals surface area contributed by atoms with Crippen LogP contribution in [0.1, 0.15) is 5.69 Å². The van der Waals surface area contributed by atoms with E-state index >= 15 is 0 Å². The zero-order valence-corrected chi connectivity index (χ0v) is 10.6. The molecule has 6 nitrogen and oxygen atoms in total. The maximum absolute atomic E-state index is 11.1. The molecular weight excluding hydrogens is 215 g/mol. The number of nitrogens with zero attached hydrogens (tertiary/aromatic N) is 1. The van der Waals surface area contributed by atoms with Gasteiger partial charge in [0.25, 0.3) is 5.56 Å². The number of nitrogen functional groups attached to an aromatic ring is 1. The summed E-state index contributed by atoms with van der Waals surface area (Å²) in [6.45, 7) is 0. The second kappa shape index (κ2) is 5.40. The summed E-state index contributed by atoms with van der Waals surface area (Å²) in [6.07, 6.45) is 1.69. The number of aromatic nitrogens is 2. The largest absolute Gasteiger partial charge is 1.00 e. The quantitative estimate of drug-likeness (QED) is 0.154. The van der Waals surface area contributed by atoms with Crippen LogP contribution in [0.25, 0.3) is 0 Å². The Kier molecular flexibility index (Phi) is 5.21. The van der Waals surface area contributed by atoms with Crippen LogP contribution in [0.4, 0.5) is 5.69 Å². The molecule has 0 fully saturated rings. The second-order valence-corrected chi connectivity index (χ2v) is 2.96. The van der Waals surface area contributed by atoms with E-state index in [2.05, 4.69) is 9.97 Å². The van der Waals surface area contributed by atoms with Crippen LogP contribution in [0.15, 0.2) is 9.95 Å². The third-order valence-electron chi connectivity index (χ3n) is 1.34. The number of thioether (sulfide) groups is 1. The Labute approximate surface area is 106 Å². The molecule has 1 heterocycles. The predicted octanol–water partition coefficient (Wildman–Crippen LogP) is -4.24. The Bertz CT molecular complexity index is 405. The van der Waals surface area contributed by atoms with Crippen molar-refractivity contribution in [1.29, 1.82) is 5.41 Å². The molecule has 0 saturated heterocycles. The van der Waals surface area contributed by atoms with Gasteiger partial charge in [0.05, 0.1) is 0 Å². The summed E-state index contributed by atoms with van der Waals surface area (Å²) in [7, 11) is 0. The summed E-state index contributed by atoms with van der Waals surface area (Å²) in [5.41, 5.74) is 4.06. The zero-order valence-electron chi connectivity index (χ0n) is 7.75.